The van der Waals surface area contributed by atoms with Crippen LogP contribution in [0.4, 0.5) is 0 Å². The summed E-state index contributed by atoms with van der Waals surface area (Å²) in [6.45, 7) is 1.87. The Morgan fingerprint density at radius 1 is 1.31 bits per heavy atom. The van der Waals surface area contributed by atoms with Gasteiger partial charge in [0.1, 0.15) is 5.75 Å². The first-order valence-corrected chi connectivity index (χ1v) is 7.19. The molecule has 3 N–H and O–H groups in total. The van der Waals surface area contributed by atoms with Gasteiger partial charge in [-0.2, -0.15) is 0 Å². The van der Waals surface area contributed by atoms with Gasteiger partial charge in [-0.05, 0) is 30.4 Å². The molecule has 0 aliphatic heterocycles. The Bertz CT molecular complexity index is 281. The maximum absolute atomic E-state index is 8.92. The first-order chi connectivity index (χ1) is 5.80. The predicted molar refractivity (Wildman–Crippen MR) is 60.6 cm³/mol. The van der Waals surface area contributed by atoms with E-state index in [0.717, 1.165) is 5.56 Å². The fourth-order valence-corrected chi connectivity index (χ4v) is 0.563. The van der Waals surface area contributed by atoms with Crippen molar-refractivity contribution in [3.05, 3.63) is 29.8 Å². The molecular weight excluding hydrogens is 227 g/mol. The number of phenolic OH excluding ortho intramolecular Hbond substituents is 1. The molecule has 1 aromatic carbocycles. The van der Waals surface area contributed by atoms with Crippen LogP contribution in [0.1, 0.15) is 5.56 Å². The van der Waals surface area contributed by atoms with Crippen LogP contribution < -0.4 is 0 Å². The summed E-state index contributed by atoms with van der Waals surface area (Å²) in [7, 11) is 0. The summed E-state index contributed by atoms with van der Waals surface area (Å²) in [6.07, 6.45) is 0. The van der Waals surface area contributed by atoms with Gasteiger partial charge in [0, 0.05) is 0 Å². The Kier molecular flexibility index (Phi) is 5.60. The number of hydrogen-bond donors (Lipinski definition) is 4. The maximum Gasteiger partial charge on any atom is 0.239 e. The van der Waals surface area contributed by atoms with Gasteiger partial charge in [-0.25, -0.2) is 0 Å². The number of para-hydroxylation sites is 1. The van der Waals surface area contributed by atoms with Gasteiger partial charge in [0.15, 0.2) is 0 Å². The monoisotopic (exact) mass is 238 g/mol. The number of hydrogen-bond acceptors (Lipinski definition) is 2. The van der Waals surface area contributed by atoms with E-state index in [4.69, 9.17) is 14.9 Å². The smallest absolute Gasteiger partial charge is 0.239 e. The Morgan fingerprint density at radius 3 is 1.92 bits per heavy atom. The predicted octanol–water partition coefficient (Wildman–Crippen LogP) is 1.83. The molecule has 0 aliphatic rings. The zero-order chi connectivity index (χ0) is 10.5. The standard InChI is InChI=1S/C7H8O.H3O2PS2/c1-6-4-2-3-5-7(6)8;1-3(2,4)5/h2-5,8H,1H3;(H3,1,2,4,5). The number of aryl methyl sites for hydroxylation is 1. The minimum absolute atomic E-state index is 0.368. The molecule has 6 heteroatoms. The van der Waals surface area contributed by atoms with Crippen molar-refractivity contribution < 1.29 is 14.9 Å². The Hall–Kier alpha value is -0.0600. The summed E-state index contributed by atoms with van der Waals surface area (Å²) in [5, 5.41) is 8.92. The maximum atomic E-state index is 8.92. The molecule has 3 nitrogen and oxygen atoms in total. The minimum atomic E-state index is -3.11. The third-order valence-electron chi connectivity index (χ3n) is 1.12. The van der Waals surface area contributed by atoms with E-state index in [0.29, 0.717) is 5.75 Å². The molecule has 0 heterocycles. The lowest BCUT2D eigenvalue weighted by molar-refractivity contribution is 0.471. The lowest BCUT2D eigenvalue weighted by Gasteiger charge is -1.92. The largest absolute Gasteiger partial charge is 0.508 e. The van der Waals surface area contributed by atoms with Crippen LogP contribution in [0.3, 0.4) is 0 Å². The number of thiol groups is 1. The average molecular weight is 238 g/mol. The summed E-state index contributed by atoms with van der Waals surface area (Å²) >= 11 is 7.07. The molecule has 0 unspecified atom stereocenters. The second kappa shape index (κ2) is 5.62. The molecule has 1 aromatic rings. The van der Waals surface area contributed by atoms with E-state index >= 15 is 0 Å². The Labute approximate surface area is 87.4 Å². The van der Waals surface area contributed by atoms with Gasteiger partial charge in [0.25, 0.3) is 0 Å². The van der Waals surface area contributed by atoms with Crippen LogP contribution in [-0.4, -0.2) is 14.9 Å². The van der Waals surface area contributed by atoms with Crippen molar-refractivity contribution in [3.63, 3.8) is 0 Å². The topological polar surface area (TPSA) is 60.7 Å². The molecule has 0 bridgehead atoms. The van der Waals surface area contributed by atoms with E-state index < -0.39 is 5.69 Å². The van der Waals surface area contributed by atoms with Gasteiger partial charge in [0.2, 0.25) is 5.69 Å². The van der Waals surface area contributed by atoms with Crippen molar-refractivity contribution in [1.82, 2.24) is 0 Å². The van der Waals surface area contributed by atoms with Gasteiger partial charge in [-0.15, -0.1) is 0 Å². The van der Waals surface area contributed by atoms with E-state index in [-0.39, 0.29) is 0 Å². The van der Waals surface area contributed by atoms with Crippen molar-refractivity contribution in [3.8, 4) is 5.75 Å². The third kappa shape index (κ3) is 9.86. The summed E-state index contributed by atoms with van der Waals surface area (Å²) in [5.74, 6) is 0.368. The molecule has 0 amide bonds. The summed E-state index contributed by atoms with van der Waals surface area (Å²) in [4.78, 5) is 15.7. The summed E-state index contributed by atoms with van der Waals surface area (Å²) in [5.41, 5.74) is -2.19. The number of benzene rings is 1. The summed E-state index contributed by atoms with van der Waals surface area (Å²) in [6, 6.07) is 7.25. The molecule has 0 aromatic heterocycles. The molecule has 0 radical (unpaired) electrons. The third-order valence-corrected chi connectivity index (χ3v) is 1.12. The summed E-state index contributed by atoms with van der Waals surface area (Å²) < 4.78 is 0. The van der Waals surface area contributed by atoms with Crippen molar-refractivity contribution in [2.24, 2.45) is 0 Å². The van der Waals surface area contributed by atoms with E-state index in [9.17, 15) is 0 Å². The van der Waals surface area contributed by atoms with Crippen LogP contribution in [0.25, 0.3) is 0 Å². The van der Waals surface area contributed by atoms with Crippen LogP contribution >= 0.6 is 17.9 Å². The number of rotatable bonds is 0. The van der Waals surface area contributed by atoms with Gasteiger partial charge >= 0.3 is 0 Å². The first kappa shape index (κ1) is 12.9. The zero-order valence-electron chi connectivity index (χ0n) is 6.95. The van der Waals surface area contributed by atoms with E-state index in [1.165, 1.54) is 0 Å². The molecule has 0 atom stereocenters. The van der Waals surface area contributed by atoms with Crippen molar-refractivity contribution in [2.45, 2.75) is 6.92 Å². The van der Waals surface area contributed by atoms with Crippen LogP contribution in [0.15, 0.2) is 24.3 Å². The molecule has 0 aliphatic carbocycles. The highest BCUT2D eigenvalue weighted by Gasteiger charge is 1.90. The van der Waals surface area contributed by atoms with Gasteiger partial charge in [-0.1, -0.05) is 30.4 Å². The van der Waals surface area contributed by atoms with Crippen LogP contribution in [0, 0.1) is 6.92 Å². The lowest BCUT2D eigenvalue weighted by atomic mass is 10.2. The van der Waals surface area contributed by atoms with Crippen LogP contribution in [-0.2, 0) is 11.8 Å². The highest BCUT2D eigenvalue weighted by atomic mass is 32.9. The second-order valence-electron chi connectivity index (χ2n) is 2.30. The number of aromatic hydroxyl groups is 1. The quantitative estimate of drug-likeness (QED) is 0.411. The van der Waals surface area contributed by atoms with Crippen molar-refractivity contribution >= 4 is 29.7 Å². The van der Waals surface area contributed by atoms with Crippen LogP contribution in [0.5, 0.6) is 5.75 Å². The normalized spacial score (nSPS) is 10.2. The fraction of sp³-hybridized carbons (Fsp3) is 0.143. The fourth-order valence-electron chi connectivity index (χ4n) is 0.563. The van der Waals surface area contributed by atoms with E-state index in [1.54, 1.807) is 6.07 Å². The minimum Gasteiger partial charge on any atom is -0.508 e. The average Bonchev–Trinajstić information content (AvgIpc) is 1.92. The second-order valence-corrected chi connectivity index (χ2v) is 7.34. The van der Waals surface area contributed by atoms with Gasteiger partial charge in [0.05, 0.1) is 0 Å². The first-order valence-electron chi connectivity index (χ1n) is 3.33. The number of phenols is 1. The molecule has 74 valence electrons. The van der Waals surface area contributed by atoms with Gasteiger partial charge in [-0.3, -0.25) is 0 Å². The Morgan fingerprint density at radius 2 is 1.69 bits per heavy atom. The van der Waals surface area contributed by atoms with Gasteiger partial charge < -0.3 is 14.9 Å². The highest BCUT2D eigenvalue weighted by molar-refractivity contribution is 8.59. The molecule has 0 saturated carbocycles. The molecule has 0 saturated heterocycles. The lowest BCUT2D eigenvalue weighted by Crippen LogP contribution is -1.68. The zero-order valence-corrected chi connectivity index (χ0v) is 9.56. The molecule has 0 spiro atoms. The molecule has 0 fully saturated rings. The Balaban J connectivity index is 0.000000252. The van der Waals surface area contributed by atoms with Crippen LogP contribution in [0.2, 0.25) is 0 Å². The van der Waals surface area contributed by atoms with E-state index in [1.807, 2.05) is 25.1 Å². The highest BCUT2D eigenvalue weighted by Crippen LogP contribution is 2.39. The molecule has 1 rings (SSSR count). The van der Waals surface area contributed by atoms with Crippen molar-refractivity contribution in [2.75, 3.05) is 0 Å². The SMILES string of the molecule is Cc1ccccc1O.OP(O)(=S)S. The molecular formula is C7H11O3PS2. The van der Waals surface area contributed by atoms with Crippen molar-refractivity contribution in [1.29, 1.82) is 0 Å². The van der Waals surface area contributed by atoms with E-state index in [2.05, 4.69) is 24.1 Å². The molecule has 13 heavy (non-hydrogen) atoms.